The molecule has 0 saturated carbocycles. The minimum Gasteiger partial charge on any atom is -0.314 e. The van der Waals surface area contributed by atoms with E-state index in [2.05, 4.69) is 17.4 Å². The van der Waals surface area contributed by atoms with Crippen molar-refractivity contribution in [2.45, 2.75) is 38.1 Å². The molecule has 1 saturated heterocycles. The Bertz CT molecular complexity index is 594. The Morgan fingerprint density at radius 2 is 1.95 bits per heavy atom. The predicted molar refractivity (Wildman–Crippen MR) is 83.2 cm³/mol. The Morgan fingerprint density at radius 1 is 1.10 bits per heavy atom. The van der Waals surface area contributed by atoms with E-state index in [0.717, 1.165) is 29.3 Å². The van der Waals surface area contributed by atoms with Gasteiger partial charge in [-0.3, -0.25) is 4.79 Å². The maximum Gasteiger partial charge on any atom is 0.163 e. The first-order valence-electron chi connectivity index (χ1n) is 7.59. The van der Waals surface area contributed by atoms with Crippen molar-refractivity contribution < 1.29 is 4.79 Å². The van der Waals surface area contributed by atoms with Crippen molar-refractivity contribution in [1.82, 2.24) is 5.32 Å². The zero-order chi connectivity index (χ0) is 13.8. The van der Waals surface area contributed by atoms with E-state index in [1.165, 1.54) is 19.3 Å². The molecule has 1 aliphatic heterocycles. The van der Waals surface area contributed by atoms with E-state index in [1.54, 1.807) is 0 Å². The summed E-state index contributed by atoms with van der Waals surface area (Å²) < 4.78 is 0. The fourth-order valence-electron chi connectivity index (χ4n) is 3.08. The summed E-state index contributed by atoms with van der Waals surface area (Å²) in [6.07, 6.45) is 5.38. The third kappa shape index (κ3) is 2.91. The van der Waals surface area contributed by atoms with Gasteiger partial charge in [0.2, 0.25) is 0 Å². The van der Waals surface area contributed by atoms with Crippen LogP contribution in [0.25, 0.3) is 10.8 Å². The number of hydrogen-bond donors (Lipinski definition) is 1. The molecule has 1 fully saturated rings. The van der Waals surface area contributed by atoms with Gasteiger partial charge >= 0.3 is 0 Å². The van der Waals surface area contributed by atoms with Crippen molar-refractivity contribution in [2.24, 2.45) is 0 Å². The van der Waals surface area contributed by atoms with Crippen molar-refractivity contribution in [1.29, 1.82) is 0 Å². The van der Waals surface area contributed by atoms with E-state index in [0.29, 0.717) is 12.5 Å². The third-order valence-corrected chi connectivity index (χ3v) is 4.22. The fourth-order valence-corrected chi connectivity index (χ4v) is 3.08. The number of piperidine rings is 1. The van der Waals surface area contributed by atoms with Gasteiger partial charge in [-0.2, -0.15) is 0 Å². The molecule has 3 rings (SSSR count). The van der Waals surface area contributed by atoms with Crippen LogP contribution in [-0.4, -0.2) is 18.4 Å². The van der Waals surface area contributed by atoms with Gasteiger partial charge in [-0.25, -0.2) is 0 Å². The molecule has 104 valence electrons. The largest absolute Gasteiger partial charge is 0.314 e. The molecule has 0 spiro atoms. The molecule has 2 heteroatoms. The van der Waals surface area contributed by atoms with Crippen LogP contribution < -0.4 is 5.32 Å². The Morgan fingerprint density at radius 3 is 2.80 bits per heavy atom. The highest BCUT2D eigenvalue weighted by molar-refractivity contribution is 6.08. The number of carbonyl (C=O) groups excluding carboxylic acids is 1. The molecule has 1 atom stereocenters. The van der Waals surface area contributed by atoms with Crippen LogP contribution in [0.5, 0.6) is 0 Å². The Balaban J connectivity index is 1.72. The van der Waals surface area contributed by atoms with Crippen LogP contribution in [0.15, 0.2) is 42.5 Å². The standard InChI is InChI=1S/C18H21NO/c20-18(12-11-15-8-3-4-13-19-15)17-10-5-7-14-6-1-2-9-16(14)17/h1-2,5-7,9-10,15,19H,3-4,8,11-13H2. The average Bonchev–Trinajstić information content (AvgIpc) is 2.53. The lowest BCUT2D eigenvalue weighted by molar-refractivity contribution is 0.0976. The van der Waals surface area contributed by atoms with Crippen LogP contribution in [0.1, 0.15) is 42.5 Å². The van der Waals surface area contributed by atoms with Gasteiger partial charge in [-0.15, -0.1) is 0 Å². The van der Waals surface area contributed by atoms with Gasteiger partial charge in [0.25, 0.3) is 0 Å². The van der Waals surface area contributed by atoms with Gasteiger partial charge in [0.1, 0.15) is 0 Å². The number of benzene rings is 2. The highest BCUT2D eigenvalue weighted by Crippen LogP contribution is 2.21. The summed E-state index contributed by atoms with van der Waals surface area (Å²) >= 11 is 0. The first-order chi connectivity index (χ1) is 9.84. The molecular formula is C18H21NO. The van der Waals surface area contributed by atoms with Gasteiger partial charge < -0.3 is 5.32 Å². The number of nitrogens with one attached hydrogen (secondary N) is 1. The first-order valence-corrected chi connectivity index (χ1v) is 7.59. The molecule has 0 aliphatic carbocycles. The molecule has 0 radical (unpaired) electrons. The number of hydrogen-bond acceptors (Lipinski definition) is 2. The van der Waals surface area contributed by atoms with Crippen molar-refractivity contribution in [2.75, 3.05) is 6.54 Å². The summed E-state index contributed by atoms with van der Waals surface area (Å²) in [6, 6.07) is 14.7. The maximum absolute atomic E-state index is 12.5. The summed E-state index contributed by atoms with van der Waals surface area (Å²) in [4.78, 5) is 12.5. The summed E-state index contributed by atoms with van der Waals surface area (Å²) in [7, 11) is 0. The molecule has 2 aromatic carbocycles. The van der Waals surface area contributed by atoms with Crippen molar-refractivity contribution in [3.63, 3.8) is 0 Å². The number of fused-ring (bicyclic) bond motifs is 1. The van der Waals surface area contributed by atoms with E-state index in [1.807, 2.05) is 30.3 Å². The van der Waals surface area contributed by atoms with Gasteiger partial charge in [0.15, 0.2) is 5.78 Å². The van der Waals surface area contributed by atoms with E-state index >= 15 is 0 Å². The summed E-state index contributed by atoms with van der Waals surface area (Å²) in [5.74, 6) is 0.272. The van der Waals surface area contributed by atoms with Gasteiger partial charge in [-0.1, -0.05) is 48.9 Å². The molecule has 0 aromatic heterocycles. The van der Waals surface area contributed by atoms with Gasteiger partial charge in [0.05, 0.1) is 0 Å². The lowest BCUT2D eigenvalue weighted by Gasteiger charge is -2.23. The van der Waals surface area contributed by atoms with Crippen molar-refractivity contribution in [3.05, 3.63) is 48.0 Å². The van der Waals surface area contributed by atoms with Crippen LogP contribution in [0, 0.1) is 0 Å². The summed E-state index contributed by atoms with van der Waals surface area (Å²) in [5, 5.41) is 5.74. The maximum atomic E-state index is 12.5. The molecule has 20 heavy (non-hydrogen) atoms. The molecule has 0 bridgehead atoms. The lowest BCUT2D eigenvalue weighted by Crippen LogP contribution is -2.34. The monoisotopic (exact) mass is 267 g/mol. The number of ketones is 1. The van der Waals surface area contributed by atoms with Gasteiger partial charge in [0, 0.05) is 18.0 Å². The molecule has 1 unspecified atom stereocenters. The summed E-state index contributed by atoms with van der Waals surface area (Å²) in [5.41, 5.74) is 0.874. The van der Waals surface area contributed by atoms with Crippen LogP contribution in [0.2, 0.25) is 0 Å². The van der Waals surface area contributed by atoms with Crippen LogP contribution >= 0.6 is 0 Å². The molecule has 1 N–H and O–H groups in total. The van der Waals surface area contributed by atoms with Crippen LogP contribution in [0.4, 0.5) is 0 Å². The molecular weight excluding hydrogens is 246 g/mol. The minimum atomic E-state index is 0.272. The topological polar surface area (TPSA) is 29.1 Å². The number of Topliss-reactive ketones (excluding diaryl/α,β-unsaturated/α-hetero) is 1. The Labute approximate surface area is 120 Å². The van der Waals surface area contributed by atoms with E-state index < -0.39 is 0 Å². The van der Waals surface area contributed by atoms with E-state index in [-0.39, 0.29) is 5.78 Å². The highest BCUT2D eigenvalue weighted by Gasteiger charge is 2.15. The minimum absolute atomic E-state index is 0.272. The van der Waals surface area contributed by atoms with Crippen LogP contribution in [0.3, 0.4) is 0 Å². The van der Waals surface area contributed by atoms with Crippen molar-refractivity contribution in [3.8, 4) is 0 Å². The quantitative estimate of drug-likeness (QED) is 0.850. The molecule has 2 nitrogen and oxygen atoms in total. The SMILES string of the molecule is O=C(CCC1CCCCN1)c1cccc2ccccc12. The second-order valence-corrected chi connectivity index (χ2v) is 5.64. The molecule has 1 heterocycles. The molecule has 1 aliphatic rings. The Hall–Kier alpha value is -1.67. The normalized spacial score (nSPS) is 19.1. The highest BCUT2D eigenvalue weighted by atomic mass is 16.1. The second-order valence-electron chi connectivity index (χ2n) is 5.64. The predicted octanol–water partition coefficient (Wildman–Crippen LogP) is 3.94. The van der Waals surface area contributed by atoms with E-state index in [4.69, 9.17) is 0 Å². The molecule has 0 amide bonds. The number of rotatable bonds is 4. The zero-order valence-corrected chi connectivity index (χ0v) is 11.8. The second kappa shape index (κ2) is 6.19. The first kappa shape index (κ1) is 13.3. The van der Waals surface area contributed by atoms with Crippen molar-refractivity contribution >= 4 is 16.6 Å². The number of carbonyl (C=O) groups is 1. The lowest BCUT2D eigenvalue weighted by atomic mass is 9.95. The smallest absolute Gasteiger partial charge is 0.163 e. The fraction of sp³-hybridized carbons (Fsp3) is 0.389. The molecule has 2 aromatic rings. The van der Waals surface area contributed by atoms with Crippen LogP contribution in [-0.2, 0) is 0 Å². The summed E-state index contributed by atoms with van der Waals surface area (Å²) in [6.45, 7) is 1.10. The van der Waals surface area contributed by atoms with E-state index in [9.17, 15) is 4.79 Å². The zero-order valence-electron chi connectivity index (χ0n) is 11.8. The third-order valence-electron chi connectivity index (χ3n) is 4.22. The van der Waals surface area contributed by atoms with Gasteiger partial charge in [-0.05, 0) is 36.6 Å². The average molecular weight is 267 g/mol. The Kier molecular flexibility index (Phi) is 4.12.